The van der Waals surface area contributed by atoms with Gasteiger partial charge in [0, 0.05) is 12.4 Å². The van der Waals surface area contributed by atoms with Gasteiger partial charge in [-0.25, -0.2) is 4.98 Å². The van der Waals surface area contributed by atoms with Gasteiger partial charge in [-0.15, -0.1) is 0 Å². The molecule has 5 N–H and O–H groups in total. The van der Waals surface area contributed by atoms with E-state index in [2.05, 4.69) is 15.3 Å². The van der Waals surface area contributed by atoms with Crippen molar-refractivity contribution in [1.29, 1.82) is 0 Å². The van der Waals surface area contributed by atoms with E-state index in [1.807, 2.05) is 0 Å². The zero-order valence-corrected chi connectivity index (χ0v) is 10.3. The Hall–Kier alpha value is -1.65. The molecule has 110 valence electrons. The Kier molecular flexibility index (Phi) is 4.57. The van der Waals surface area contributed by atoms with Crippen molar-refractivity contribution >= 4 is 5.91 Å². The van der Waals surface area contributed by atoms with Crippen molar-refractivity contribution in [2.75, 3.05) is 6.61 Å². The number of rotatable bonds is 3. The molecule has 0 aliphatic carbocycles. The minimum Gasteiger partial charge on any atom is -0.394 e. The molecule has 0 bridgehead atoms. The number of nitrogens with one attached hydrogen (secondary N) is 1. The highest BCUT2D eigenvalue weighted by atomic mass is 16.6. The number of carbonyl (C=O) groups excluding carboxylic acids is 1. The van der Waals surface area contributed by atoms with Gasteiger partial charge in [-0.1, -0.05) is 0 Å². The summed E-state index contributed by atoms with van der Waals surface area (Å²) in [5.41, 5.74) is -0.00864. The maximum Gasteiger partial charge on any atom is 0.271 e. The van der Waals surface area contributed by atoms with Crippen LogP contribution in [0.4, 0.5) is 0 Å². The number of hydrogen-bond donors (Lipinski definition) is 5. The van der Waals surface area contributed by atoms with Gasteiger partial charge in [0.05, 0.1) is 12.8 Å². The Morgan fingerprint density at radius 3 is 2.65 bits per heavy atom. The molecule has 0 saturated carbocycles. The fourth-order valence-electron chi connectivity index (χ4n) is 1.89. The number of carbonyl (C=O) groups is 1. The molecule has 0 radical (unpaired) electrons. The van der Waals surface area contributed by atoms with E-state index in [-0.39, 0.29) is 5.69 Å². The Morgan fingerprint density at radius 1 is 1.30 bits per heavy atom. The van der Waals surface area contributed by atoms with E-state index in [1.54, 1.807) is 0 Å². The summed E-state index contributed by atoms with van der Waals surface area (Å²) >= 11 is 0. The fraction of sp³-hybridized carbons (Fsp3) is 0.545. The Morgan fingerprint density at radius 2 is 2.05 bits per heavy atom. The topological polar surface area (TPSA) is 145 Å². The molecule has 1 fully saturated rings. The zero-order valence-electron chi connectivity index (χ0n) is 10.3. The first-order chi connectivity index (χ1) is 9.54. The molecule has 20 heavy (non-hydrogen) atoms. The second kappa shape index (κ2) is 6.20. The normalized spacial score (nSPS) is 33.7. The molecule has 9 nitrogen and oxygen atoms in total. The number of ether oxygens (including phenoxy) is 1. The van der Waals surface area contributed by atoms with Crippen LogP contribution >= 0.6 is 0 Å². The summed E-state index contributed by atoms with van der Waals surface area (Å²) in [6.45, 7) is -0.569. The van der Waals surface area contributed by atoms with Crippen LogP contribution in [-0.4, -0.2) is 73.6 Å². The van der Waals surface area contributed by atoms with E-state index in [9.17, 15) is 20.1 Å². The van der Waals surface area contributed by atoms with Gasteiger partial charge in [-0.2, -0.15) is 0 Å². The average Bonchev–Trinajstić information content (AvgIpc) is 2.48. The van der Waals surface area contributed by atoms with Crippen LogP contribution in [0.1, 0.15) is 10.5 Å². The molecule has 2 rings (SSSR count). The lowest BCUT2D eigenvalue weighted by molar-refractivity contribution is -0.252. The molecule has 1 aliphatic heterocycles. The van der Waals surface area contributed by atoms with E-state index < -0.39 is 43.2 Å². The van der Waals surface area contributed by atoms with Crippen LogP contribution in [0.3, 0.4) is 0 Å². The summed E-state index contributed by atoms with van der Waals surface area (Å²) in [7, 11) is 0. The van der Waals surface area contributed by atoms with Crippen molar-refractivity contribution < 1.29 is 30.0 Å². The third kappa shape index (κ3) is 2.92. The molecule has 1 amide bonds. The highest BCUT2D eigenvalue weighted by Gasteiger charge is 2.44. The number of amides is 1. The van der Waals surface area contributed by atoms with Crippen molar-refractivity contribution in [3.8, 4) is 0 Å². The molecule has 1 aromatic heterocycles. The molecule has 2 heterocycles. The van der Waals surface area contributed by atoms with Gasteiger partial charge in [0.1, 0.15) is 30.0 Å². The highest BCUT2D eigenvalue weighted by molar-refractivity contribution is 5.92. The van der Waals surface area contributed by atoms with Crippen molar-refractivity contribution in [2.45, 2.75) is 30.6 Å². The number of aliphatic hydroxyl groups is 4. The minimum absolute atomic E-state index is 0.00864. The number of aromatic nitrogens is 2. The van der Waals surface area contributed by atoms with Crippen molar-refractivity contribution in [2.24, 2.45) is 0 Å². The lowest BCUT2D eigenvalue weighted by Crippen LogP contribution is -2.64. The third-order valence-electron chi connectivity index (χ3n) is 2.99. The molecule has 9 heteroatoms. The van der Waals surface area contributed by atoms with E-state index in [0.29, 0.717) is 0 Å². The zero-order chi connectivity index (χ0) is 14.7. The first-order valence-corrected chi connectivity index (χ1v) is 5.92. The Balaban J connectivity index is 2.07. The molecule has 1 aliphatic rings. The SMILES string of the molecule is O=C(N[C@@H]1[C@@H](O)[C@H](O)[C@@H](CO)O[C@H]1O)c1cnccn1. The van der Waals surface area contributed by atoms with Crippen LogP contribution in [0.5, 0.6) is 0 Å². The van der Waals surface area contributed by atoms with E-state index in [0.717, 1.165) is 0 Å². The predicted octanol–water partition coefficient (Wildman–Crippen LogP) is -2.99. The van der Waals surface area contributed by atoms with Crippen LogP contribution < -0.4 is 5.32 Å². The second-order valence-corrected chi connectivity index (χ2v) is 4.32. The van der Waals surface area contributed by atoms with Crippen LogP contribution in [0.25, 0.3) is 0 Å². The van der Waals surface area contributed by atoms with E-state index in [1.165, 1.54) is 18.6 Å². The molecule has 0 aromatic carbocycles. The van der Waals surface area contributed by atoms with Gasteiger partial charge in [-0.3, -0.25) is 9.78 Å². The average molecular weight is 285 g/mol. The molecular formula is C11H15N3O6. The first kappa shape index (κ1) is 14.8. The number of aliphatic hydroxyl groups excluding tert-OH is 4. The maximum absolute atomic E-state index is 11.8. The lowest BCUT2D eigenvalue weighted by Gasteiger charge is -2.40. The third-order valence-corrected chi connectivity index (χ3v) is 2.99. The van der Waals surface area contributed by atoms with Crippen LogP contribution in [0, 0.1) is 0 Å². The van der Waals surface area contributed by atoms with Gasteiger partial charge in [0.25, 0.3) is 5.91 Å². The Bertz CT molecular complexity index is 459. The molecule has 5 atom stereocenters. The highest BCUT2D eigenvalue weighted by Crippen LogP contribution is 2.19. The van der Waals surface area contributed by atoms with Gasteiger partial charge in [-0.05, 0) is 0 Å². The summed E-state index contributed by atoms with van der Waals surface area (Å²) in [6.07, 6.45) is -1.69. The van der Waals surface area contributed by atoms with Crippen molar-refractivity contribution in [1.82, 2.24) is 15.3 Å². The summed E-state index contributed by atoms with van der Waals surface area (Å²) in [4.78, 5) is 19.3. The molecular weight excluding hydrogens is 270 g/mol. The van der Waals surface area contributed by atoms with Gasteiger partial charge in [0.15, 0.2) is 6.29 Å². The fourth-order valence-corrected chi connectivity index (χ4v) is 1.89. The smallest absolute Gasteiger partial charge is 0.271 e. The molecule has 1 saturated heterocycles. The predicted molar refractivity (Wildman–Crippen MR) is 63.3 cm³/mol. The summed E-state index contributed by atoms with van der Waals surface area (Å²) in [5.74, 6) is -0.681. The number of nitrogens with zero attached hydrogens (tertiary/aromatic N) is 2. The van der Waals surface area contributed by atoms with Gasteiger partial charge >= 0.3 is 0 Å². The Labute approximate surface area is 113 Å². The van der Waals surface area contributed by atoms with E-state index >= 15 is 0 Å². The van der Waals surface area contributed by atoms with Crippen molar-refractivity contribution in [3.05, 3.63) is 24.3 Å². The standard InChI is InChI=1S/C11H15N3O6/c15-4-6-8(16)9(17)7(11(19)20-6)14-10(18)5-3-12-1-2-13-5/h1-3,6-9,11,15-17,19H,4H2,(H,14,18)/t6-,7-,8-,9-,11-/m1/s1. The van der Waals surface area contributed by atoms with Crippen LogP contribution in [0.2, 0.25) is 0 Å². The van der Waals surface area contributed by atoms with Gasteiger partial charge < -0.3 is 30.5 Å². The summed E-state index contributed by atoms with van der Waals surface area (Å²) in [6, 6.07) is -1.25. The monoisotopic (exact) mass is 285 g/mol. The molecule has 1 aromatic rings. The molecule has 0 spiro atoms. The minimum atomic E-state index is -1.56. The second-order valence-electron chi connectivity index (χ2n) is 4.32. The van der Waals surface area contributed by atoms with Crippen molar-refractivity contribution in [3.63, 3.8) is 0 Å². The van der Waals surface area contributed by atoms with Gasteiger partial charge in [0.2, 0.25) is 0 Å². The van der Waals surface area contributed by atoms with E-state index in [4.69, 9.17) is 9.84 Å². The molecule has 0 unspecified atom stereocenters. The maximum atomic E-state index is 11.8. The van der Waals surface area contributed by atoms with Crippen LogP contribution in [-0.2, 0) is 4.74 Å². The largest absolute Gasteiger partial charge is 0.394 e. The quantitative estimate of drug-likeness (QED) is 0.395. The van der Waals surface area contributed by atoms with Crippen LogP contribution in [0.15, 0.2) is 18.6 Å². The lowest BCUT2D eigenvalue weighted by atomic mass is 9.97. The summed E-state index contributed by atoms with van der Waals surface area (Å²) in [5, 5.41) is 40.5. The first-order valence-electron chi connectivity index (χ1n) is 5.92. The summed E-state index contributed by atoms with van der Waals surface area (Å²) < 4.78 is 4.91. The number of hydrogen-bond acceptors (Lipinski definition) is 8.